The SMILES string of the molecule is CCCCCCCC/C=C/[C@H]1C=CC(=O)[C@@H]1C/C=C\CCC(O)C(=O)COC(C)=O. The normalized spacial score (nSPS) is 19.8. The zero-order valence-electron chi connectivity index (χ0n) is 18.6. The number of esters is 1. The topological polar surface area (TPSA) is 80.7 Å². The summed E-state index contributed by atoms with van der Waals surface area (Å²) in [5.74, 6) is -0.786. The van der Waals surface area contributed by atoms with Gasteiger partial charge in [-0.1, -0.05) is 69.4 Å². The number of ether oxygens (including phenoxy) is 1. The Labute approximate surface area is 181 Å². The van der Waals surface area contributed by atoms with Crippen molar-refractivity contribution in [1.29, 1.82) is 0 Å². The Morgan fingerprint density at radius 2 is 1.83 bits per heavy atom. The van der Waals surface area contributed by atoms with Crippen molar-refractivity contribution < 1.29 is 24.2 Å². The average molecular weight is 419 g/mol. The maximum absolute atomic E-state index is 12.1. The summed E-state index contributed by atoms with van der Waals surface area (Å²) in [6.07, 6.45) is 20.9. The van der Waals surface area contributed by atoms with E-state index in [0.29, 0.717) is 12.8 Å². The Hall–Kier alpha value is -2.01. The molecule has 5 nitrogen and oxygen atoms in total. The maximum atomic E-state index is 12.1. The molecule has 0 aromatic carbocycles. The van der Waals surface area contributed by atoms with Crippen molar-refractivity contribution in [1.82, 2.24) is 0 Å². The fourth-order valence-electron chi connectivity index (χ4n) is 3.47. The summed E-state index contributed by atoms with van der Waals surface area (Å²) in [4.78, 5) is 34.4. The molecule has 0 saturated carbocycles. The van der Waals surface area contributed by atoms with Crippen LogP contribution in [0.25, 0.3) is 0 Å². The van der Waals surface area contributed by atoms with Crippen LogP contribution >= 0.6 is 0 Å². The number of aliphatic hydroxyl groups is 1. The molecule has 1 aliphatic rings. The molecule has 0 fully saturated rings. The smallest absolute Gasteiger partial charge is 0.303 e. The van der Waals surface area contributed by atoms with E-state index in [1.54, 1.807) is 6.08 Å². The molecule has 0 aromatic heterocycles. The fraction of sp³-hybridized carbons (Fsp3) is 0.640. The minimum Gasteiger partial charge on any atom is -0.458 e. The quantitative estimate of drug-likeness (QED) is 0.219. The first-order valence-corrected chi connectivity index (χ1v) is 11.3. The predicted octanol–water partition coefficient (Wildman–Crippen LogP) is 4.88. The van der Waals surface area contributed by atoms with Crippen LogP contribution in [0.3, 0.4) is 0 Å². The van der Waals surface area contributed by atoms with Gasteiger partial charge in [-0.05, 0) is 38.2 Å². The zero-order chi connectivity index (χ0) is 22.2. The van der Waals surface area contributed by atoms with Crippen molar-refractivity contribution in [3.63, 3.8) is 0 Å². The molecule has 0 amide bonds. The van der Waals surface area contributed by atoms with Crippen LogP contribution in [-0.4, -0.2) is 35.4 Å². The van der Waals surface area contributed by atoms with Crippen LogP contribution in [0.1, 0.15) is 78.1 Å². The number of allylic oxidation sites excluding steroid dienone is 6. The van der Waals surface area contributed by atoms with Gasteiger partial charge >= 0.3 is 5.97 Å². The van der Waals surface area contributed by atoms with E-state index in [1.807, 2.05) is 18.2 Å². The third-order valence-electron chi connectivity index (χ3n) is 5.35. The lowest BCUT2D eigenvalue weighted by Crippen LogP contribution is -2.25. The number of Topliss-reactive ketones (excluding diaryl/α,β-unsaturated/α-hetero) is 1. The van der Waals surface area contributed by atoms with E-state index >= 15 is 0 Å². The van der Waals surface area contributed by atoms with E-state index in [9.17, 15) is 19.5 Å². The van der Waals surface area contributed by atoms with E-state index in [4.69, 9.17) is 0 Å². The van der Waals surface area contributed by atoms with E-state index in [0.717, 1.165) is 6.42 Å². The summed E-state index contributed by atoms with van der Waals surface area (Å²) in [6.45, 7) is 3.05. The van der Waals surface area contributed by atoms with Gasteiger partial charge < -0.3 is 9.84 Å². The molecule has 1 N–H and O–H groups in total. The summed E-state index contributed by atoms with van der Waals surface area (Å²) < 4.78 is 4.60. The van der Waals surface area contributed by atoms with Crippen molar-refractivity contribution in [2.75, 3.05) is 6.61 Å². The van der Waals surface area contributed by atoms with Gasteiger partial charge in [-0.2, -0.15) is 0 Å². The van der Waals surface area contributed by atoms with Crippen molar-refractivity contribution in [3.05, 3.63) is 36.5 Å². The molecule has 1 unspecified atom stereocenters. The van der Waals surface area contributed by atoms with Crippen LogP contribution in [0.15, 0.2) is 36.5 Å². The monoisotopic (exact) mass is 418 g/mol. The van der Waals surface area contributed by atoms with Crippen LogP contribution in [0.4, 0.5) is 0 Å². The molecular formula is C25H38O5. The van der Waals surface area contributed by atoms with Gasteiger partial charge in [-0.15, -0.1) is 0 Å². The molecule has 3 atom stereocenters. The lowest BCUT2D eigenvalue weighted by atomic mass is 9.90. The Morgan fingerprint density at radius 3 is 2.57 bits per heavy atom. The molecule has 0 heterocycles. The molecule has 30 heavy (non-hydrogen) atoms. The molecule has 0 radical (unpaired) electrons. The zero-order valence-corrected chi connectivity index (χ0v) is 18.6. The summed E-state index contributed by atoms with van der Waals surface area (Å²) in [7, 11) is 0. The number of carbonyl (C=O) groups is 3. The number of rotatable bonds is 16. The van der Waals surface area contributed by atoms with E-state index in [-0.39, 0.29) is 24.0 Å². The second-order valence-corrected chi connectivity index (χ2v) is 7.98. The van der Waals surface area contributed by atoms with Gasteiger partial charge in [0.15, 0.2) is 18.2 Å². The Morgan fingerprint density at radius 1 is 1.10 bits per heavy atom. The highest BCUT2D eigenvalue weighted by Gasteiger charge is 2.26. The molecule has 168 valence electrons. The van der Waals surface area contributed by atoms with Crippen molar-refractivity contribution in [2.24, 2.45) is 11.8 Å². The lowest BCUT2D eigenvalue weighted by molar-refractivity contribution is -0.148. The van der Waals surface area contributed by atoms with Crippen LogP contribution in [0.5, 0.6) is 0 Å². The molecule has 0 bridgehead atoms. The average Bonchev–Trinajstić information content (AvgIpc) is 3.07. The minimum atomic E-state index is -1.14. The van der Waals surface area contributed by atoms with Gasteiger partial charge in [0.2, 0.25) is 0 Å². The van der Waals surface area contributed by atoms with E-state index in [2.05, 4.69) is 23.8 Å². The second kappa shape index (κ2) is 15.8. The molecule has 0 aliphatic heterocycles. The number of hydrogen-bond acceptors (Lipinski definition) is 5. The minimum absolute atomic E-state index is 0.0578. The summed E-state index contributed by atoms with van der Waals surface area (Å²) in [5.41, 5.74) is 0. The largest absolute Gasteiger partial charge is 0.458 e. The Kier molecular flexibility index (Phi) is 13.7. The highest BCUT2D eigenvalue weighted by molar-refractivity contribution is 5.95. The number of aliphatic hydroxyl groups excluding tert-OH is 1. The first-order chi connectivity index (χ1) is 14.5. The fourth-order valence-corrected chi connectivity index (χ4v) is 3.47. The van der Waals surface area contributed by atoms with Gasteiger partial charge in [-0.3, -0.25) is 14.4 Å². The number of hydrogen-bond donors (Lipinski definition) is 1. The summed E-state index contributed by atoms with van der Waals surface area (Å²) in [6, 6.07) is 0. The number of unbranched alkanes of at least 4 members (excludes halogenated alkanes) is 6. The molecule has 1 aliphatic carbocycles. The molecule has 1 rings (SSSR count). The van der Waals surface area contributed by atoms with Crippen LogP contribution in [0.2, 0.25) is 0 Å². The predicted molar refractivity (Wildman–Crippen MR) is 119 cm³/mol. The van der Waals surface area contributed by atoms with Gasteiger partial charge in [0.1, 0.15) is 6.10 Å². The maximum Gasteiger partial charge on any atom is 0.303 e. The number of ketones is 2. The van der Waals surface area contributed by atoms with Crippen LogP contribution < -0.4 is 0 Å². The van der Waals surface area contributed by atoms with E-state index < -0.39 is 24.5 Å². The molecule has 5 heteroatoms. The van der Waals surface area contributed by atoms with Crippen LogP contribution in [0, 0.1) is 11.8 Å². The van der Waals surface area contributed by atoms with Crippen LogP contribution in [-0.2, 0) is 19.1 Å². The second-order valence-electron chi connectivity index (χ2n) is 7.98. The Balaban J connectivity index is 2.27. The third kappa shape index (κ3) is 11.2. The van der Waals surface area contributed by atoms with E-state index in [1.165, 1.54) is 45.4 Å². The Bertz CT molecular complexity index is 617. The summed E-state index contributed by atoms with van der Waals surface area (Å²) >= 11 is 0. The molecule has 0 spiro atoms. The van der Waals surface area contributed by atoms with Gasteiger partial charge in [0, 0.05) is 18.8 Å². The van der Waals surface area contributed by atoms with Gasteiger partial charge in [-0.25, -0.2) is 0 Å². The molecular weight excluding hydrogens is 380 g/mol. The van der Waals surface area contributed by atoms with Gasteiger partial charge in [0.05, 0.1) is 0 Å². The highest BCUT2D eigenvalue weighted by atomic mass is 16.5. The third-order valence-corrected chi connectivity index (χ3v) is 5.35. The first kappa shape index (κ1) is 26.0. The van der Waals surface area contributed by atoms with Gasteiger partial charge in [0.25, 0.3) is 0 Å². The number of carbonyl (C=O) groups excluding carboxylic acids is 3. The molecule has 0 aromatic rings. The highest BCUT2D eigenvalue weighted by Crippen LogP contribution is 2.27. The first-order valence-electron chi connectivity index (χ1n) is 11.3. The van der Waals surface area contributed by atoms with Crippen molar-refractivity contribution >= 4 is 17.5 Å². The standard InChI is InChI=1S/C25H38O5/c1-3-4-5-6-7-8-9-11-14-21-17-18-23(27)22(21)15-12-10-13-16-24(28)25(29)19-30-20(2)26/h10-12,14,17-18,21-22,24,28H,3-9,13,15-16,19H2,1-2H3/b12-10-,14-11+/t21-,22+,24?/m0/s1. The lowest BCUT2D eigenvalue weighted by Gasteiger charge is -2.12. The van der Waals surface area contributed by atoms with Crippen molar-refractivity contribution in [3.8, 4) is 0 Å². The summed E-state index contributed by atoms with van der Waals surface area (Å²) in [5, 5.41) is 9.78. The molecule has 0 saturated heterocycles. The van der Waals surface area contributed by atoms with Crippen molar-refractivity contribution in [2.45, 2.75) is 84.2 Å².